The van der Waals surface area contributed by atoms with Crippen LogP contribution in [0.3, 0.4) is 0 Å². The molecule has 0 radical (unpaired) electrons. The van der Waals surface area contributed by atoms with Gasteiger partial charge in [-0.3, -0.25) is 9.89 Å². The maximum absolute atomic E-state index is 10.5. The summed E-state index contributed by atoms with van der Waals surface area (Å²) in [6, 6.07) is 9.13. The summed E-state index contributed by atoms with van der Waals surface area (Å²) in [4.78, 5) is 7.24. The van der Waals surface area contributed by atoms with Crippen LogP contribution < -0.4 is 10.6 Å². The van der Waals surface area contributed by atoms with Crippen molar-refractivity contribution in [3.05, 3.63) is 35.4 Å². The standard InChI is InChI=1S/C22H36N4O/c1-3-23-21(24-17-22(27)12-6-7-13-22)25-20-10-14-26(15-11-20)16-19-9-5-4-8-18(19)2/h4-5,8-9,20,27H,3,6-7,10-17H2,1-2H3,(H2,23,24,25). The smallest absolute Gasteiger partial charge is 0.191 e. The van der Waals surface area contributed by atoms with E-state index in [1.54, 1.807) is 0 Å². The van der Waals surface area contributed by atoms with Crippen molar-refractivity contribution in [1.29, 1.82) is 0 Å². The predicted molar refractivity (Wildman–Crippen MR) is 112 cm³/mol. The van der Waals surface area contributed by atoms with E-state index in [9.17, 15) is 5.11 Å². The highest BCUT2D eigenvalue weighted by Gasteiger charge is 2.31. The zero-order valence-corrected chi connectivity index (χ0v) is 17.0. The van der Waals surface area contributed by atoms with Crippen molar-refractivity contribution in [3.63, 3.8) is 0 Å². The number of hydrogen-bond acceptors (Lipinski definition) is 3. The van der Waals surface area contributed by atoms with E-state index in [0.29, 0.717) is 12.6 Å². The van der Waals surface area contributed by atoms with Crippen molar-refractivity contribution in [2.24, 2.45) is 4.99 Å². The van der Waals surface area contributed by atoms with Gasteiger partial charge < -0.3 is 15.7 Å². The van der Waals surface area contributed by atoms with Crippen molar-refractivity contribution >= 4 is 5.96 Å². The number of aliphatic hydroxyl groups is 1. The fourth-order valence-electron chi connectivity index (χ4n) is 4.19. The lowest BCUT2D eigenvalue weighted by Gasteiger charge is -2.33. The number of rotatable bonds is 6. The van der Waals surface area contributed by atoms with Gasteiger partial charge in [-0.1, -0.05) is 37.1 Å². The second kappa shape index (κ2) is 9.56. The van der Waals surface area contributed by atoms with Crippen molar-refractivity contribution in [3.8, 4) is 0 Å². The largest absolute Gasteiger partial charge is 0.388 e. The van der Waals surface area contributed by atoms with Crippen molar-refractivity contribution in [2.45, 2.75) is 70.6 Å². The van der Waals surface area contributed by atoms with Gasteiger partial charge in [0.15, 0.2) is 5.96 Å². The molecule has 0 unspecified atom stereocenters. The highest BCUT2D eigenvalue weighted by molar-refractivity contribution is 5.80. The molecule has 5 heteroatoms. The second-order valence-corrected chi connectivity index (χ2v) is 8.25. The summed E-state index contributed by atoms with van der Waals surface area (Å²) in [5.74, 6) is 0.857. The lowest BCUT2D eigenvalue weighted by Crippen LogP contribution is -2.49. The van der Waals surface area contributed by atoms with Crippen molar-refractivity contribution in [1.82, 2.24) is 15.5 Å². The Labute approximate surface area is 164 Å². The van der Waals surface area contributed by atoms with Gasteiger partial charge >= 0.3 is 0 Å². The van der Waals surface area contributed by atoms with Gasteiger partial charge in [-0.15, -0.1) is 0 Å². The van der Waals surface area contributed by atoms with Gasteiger partial charge in [0.2, 0.25) is 0 Å². The predicted octanol–water partition coefficient (Wildman–Crippen LogP) is 2.82. The van der Waals surface area contributed by atoms with Crippen LogP contribution in [-0.4, -0.2) is 53.8 Å². The van der Waals surface area contributed by atoms with Crippen LogP contribution in [0.1, 0.15) is 56.6 Å². The Hall–Kier alpha value is -1.59. The number of likely N-dealkylation sites (tertiary alicyclic amines) is 1. The van der Waals surface area contributed by atoms with E-state index in [2.05, 4.69) is 53.6 Å². The fourth-order valence-corrected chi connectivity index (χ4v) is 4.19. The third kappa shape index (κ3) is 5.94. The molecule has 5 nitrogen and oxygen atoms in total. The minimum atomic E-state index is -0.584. The molecule has 1 heterocycles. The van der Waals surface area contributed by atoms with Gasteiger partial charge in [0.05, 0.1) is 12.1 Å². The third-order valence-corrected chi connectivity index (χ3v) is 5.99. The van der Waals surface area contributed by atoms with E-state index in [4.69, 9.17) is 4.99 Å². The molecule has 1 aromatic rings. The molecule has 2 aliphatic rings. The lowest BCUT2D eigenvalue weighted by atomic mass is 10.0. The summed E-state index contributed by atoms with van der Waals surface area (Å²) >= 11 is 0. The normalized spacial score (nSPS) is 21.4. The monoisotopic (exact) mass is 372 g/mol. The lowest BCUT2D eigenvalue weighted by molar-refractivity contribution is 0.0573. The first-order valence-electron chi connectivity index (χ1n) is 10.6. The van der Waals surface area contributed by atoms with E-state index in [1.807, 2.05) is 0 Å². The van der Waals surface area contributed by atoms with Crippen LogP contribution >= 0.6 is 0 Å². The van der Waals surface area contributed by atoms with Crippen LogP contribution in [0.2, 0.25) is 0 Å². The van der Waals surface area contributed by atoms with Gasteiger partial charge in [0.25, 0.3) is 0 Å². The molecule has 1 aromatic carbocycles. The number of aliphatic imine (C=N–C) groups is 1. The zero-order chi connectivity index (χ0) is 19.1. The average molecular weight is 373 g/mol. The molecule has 1 aliphatic heterocycles. The minimum Gasteiger partial charge on any atom is -0.388 e. The highest BCUT2D eigenvalue weighted by Crippen LogP contribution is 2.29. The van der Waals surface area contributed by atoms with Gasteiger partial charge in [-0.25, -0.2) is 0 Å². The summed E-state index contributed by atoms with van der Waals surface area (Å²) in [6.45, 7) is 8.89. The highest BCUT2D eigenvalue weighted by atomic mass is 16.3. The van der Waals surface area contributed by atoms with Crippen molar-refractivity contribution < 1.29 is 5.11 Å². The van der Waals surface area contributed by atoms with Crippen LogP contribution in [-0.2, 0) is 6.54 Å². The topological polar surface area (TPSA) is 59.9 Å². The molecule has 0 spiro atoms. The maximum atomic E-state index is 10.5. The maximum Gasteiger partial charge on any atom is 0.191 e. The Morgan fingerprint density at radius 1 is 1.22 bits per heavy atom. The third-order valence-electron chi connectivity index (χ3n) is 5.99. The Kier molecular flexibility index (Phi) is 7.13. The van der Waals surface area contributed by atoms with E-state index < -0.39 is 5.60 Å². The number of benzene rings is 1. The molecular weight excluding hydrogens is 336 g/mol. The van der Waals surface area contributed by atoms with Gasteiger partial charge in [0, 0.05) is 32.2 Å². The van der Waals surface area contributed by atoms with Gasteiger partial charge in [-0.2, -0.15) is 0 Å². The number of nitrogens with zero attached hydrogens (tertiary/aromatic N) is 2. The summed E-state index contributed by atoms with van der Waals surface area (Å²) in [5.41, 5.74) is 2.23. The van der Waals surface area contributed by atoms with Crippen LogP contribution in [0, 0.1) is 6.92 Å². The molecule has 1 saturated carbocycles. The Balaban J connectivity index is 1.48. The molecule has 150 valence electrons. The SMILES string of the molecule is CCNC(=NCC1(O)CCCC1)NC1CCN(Cc2ccccc2C)CC1. The van der Waals surface area contributed by atoms with Crippen LogP contribution in [0.25, 0.3) is 0 Å². The number of hydrogen-bond donors (Lipinski definition) is 3. The van der Waals surface area contributed by atoms with E-state index in [1.165, 1.54) is 11.1 Å². The number of piperidine rings is 1. The zero-order valence-electron chi connectivity index (χ0n) is 17.0. The van der Waals surface area contributed by atoms with E-state index in [-0.39, 0.29) is 0 Å². The van der Waals surface area contributed by atoms with Gasteiger partial charge in [-0.05, 0) is 50.7 Å². The molecule has 3 N–H and O–H groups in total. The summed E-state index contributed by atoms with van der Waals surface area (Å²) < 4.78 is 0. The average Bonchev–Trinajstić information content (AvgIpc) is 3.10. The Morgan fingerprint density at radius 2 is 1.93 bits per heavy atom. The van der Waals surface area contributed by atoms with E-state index in [0.717, 1.165) is 70.7 Å². The molecule has 0 amide bonds. The Bertz CT molecular complexity index is 616. The Morgan fingerprint density at radius 3 is 2.59 bits per heavy atom. The fraction of sp³-hybridized carbons (Fsp3) is 0.682. The first-order chi connectivity index (χ1) is 13.1. The molecule has 3 rings (SSSR count). The van der Waals surface area contributed by atoms with E-state index >= 15 is 0 Å². The molecule has 27 heavy (non-hydrogen) atoms. The van der Waals surface area contributed by atoms with Crippen LogP contribution in [0.15, 0.2) is 29.3 Å². The number of aryl methyl sites for hydroxylation is 1. The number of nitrogens with one attached hydrogen (secondary N) is 2. The quantitative estimate of drug-likeness (QED) is 0.531. The summed E-state index contributed by atoms with van der Waals surface area (Å²) in [7, 11) is 0. The summed E-state index contributed by atoms with van der Waals surface area (Å²) in [5, 5.41) is 17.5. The first-order valence-corrected chi connectivity index (χ1v) is 10.6. The molecule has 0 aromatic heterocycles. The number of guanidine groups is 1. The second-order valence-electron chi connectivity index (χ2n) is 8.25. The molecule has 1 aliphatic carbocycles. The molecular formula is C22H36N4O. The first kappa shape index (κ1) is 20.2. The minimum absolute atomic E-state index is 0.453. The molecule has 1 saturated heterocycles. The summed E-state index contributed by atoms with van der Waals surface area (Å²) in [6.07, 6.45) is 6.26. The van der Waals surface area contributed by atoms with Crippen molar-refractivity contribution in [2.75, 3.05) is 26.2 Å². The molecule has 0 bridgehead atoms. The molecule has 2 fully saturated rings. The van der Waals surface area contributed by atoms with Gasteiger partial charge in [0.1, 0.15) is 0 Å². The molecule has 0 atom stereocenters. The van der Waals surface area contributed by atoms with Crippen LogP contribution in [0.4, 0.5) is 0 Å². The van der Waals surface area contributed by atoms with Crippen LogP contribution in [0.5, 0.6) is 0 Å².